The van der Waals surface area contributed by atoms with Crippen LogP contribution >= 0.6 is 0 Å². The predicted octanol–water partition coefficient (Wildman–Crippen LogP) is 0.251. The highest BCUT2D eigenvalue weighted by molar-refractivity contribution is 8.06. The second-order valence-electron chi connectivity index (χ2n) is 5.09. The Morgan fingerprint density at radius 3 is 1.08 bits per heavy atom. The molecular weight excluding hydrogens is 380 g/mol. The molecule has 0 aromatic heterocycles. The van der Waals surface area contributed by atoms with Gasteiger partial charge in [-0.1, -0.05) is 0 Å². The van der Waals surface area contributed by atoms with Crippen LogP contribution in [0.4, 0.5) is 0 Å². The van der Waals surface area contributed by atoms with E-state index in [0.717, 1.165) is 15.5 Å². The van der Waals surface area contributed by atoms with Gasteiger partial charge >= 0.3 is 0 Å². The molecule has 0 spiro atoms. The fourth-order valence-corrected chi connectivity index (χ4v) is 6.19. The maximum atomic E-state index is 12.7. The van der Waals surface area contributed by atoms with Gasteiger partial charge in [0.2, 0.25) is 20.0 Å². The average molecular weight is 400 g/mol. The van der Waals surface area contributed by atoms with Crippen LogP contribution in [0.15, 0.2) is 0 Å². The van der Waals surface area contributed by atoms with Crippen LogP contribution in [-0.2, 0) is 20.0 Å². The van der Waals surface area contributed by atoms with Gasteiger partial charge in [0.05, 0.1) is 24.3 Å². The molecule has 0 aromatic carbocycles. The van der Waals surface area contributed by atoms with Crippen molar-refractivity contribution in [2.24, 2.45) is 0 Å². The number of nitrogens with zero attached hydrogens (tertiary/aromatic N) is 6. The largest absolute Gasteiger partial charge is 0.232 e. The third kappa shape index (κ3) is 6.59. The van der Waals surface area contributed by atoms with Crippen molar-refractivity contribution in [1.82, 2.24) is 8.61 Å². The fourth-order valence-electron chi connectivity index (χ4n) is 2.00. The van der Waals surface area contributed by atoms with Crippen molar-refractivity contribution in [3.63, 3.8) is 0 Å². The molecule has 0 aliphatic rings. The van der Waals surface area contributed by atoms with Gasteiger partial charge in [-0.2, -0.15) is 29.7 Å². The summed E-state index contributed by atoms with van der Waals surface area (Å²) in [5, 5.41) is 34.7. The van der Waals surface area contributed by atoms with Crippen LogP contribution < -0.4 is 0 Å². The second kappa shape index (κ2) is 11.4. The van der Waals surface area contributed by atoms with Crippen LogP contribution in [0.1, 0.15) is 32.6 Å². The molecule has 12 heteroatoms. The lowest BCUT2D eigenvalue weighted by molar-refractivity contribution is 0.408. The number of hydrogen-bond donors (Lipinski definition) is 0. The summed E-state index contributed by atoms with van der Waals surface area (Å²) in [5.41, 5.74) is 0. The number of rotatable bonds is 12. The Morgan fingerprint density at radius 1 is 0.654 bits per heavy atom. The van der Waals surface area contributed by atoms with Crippen LogP contribution in [0.2, 0.25) is 0 Å². The molecule has 0 unspecified atom stereocenters. The topological polar surface area (TPSA) is 170 Å². The Balaban J connectivity index is 5.72. The lowest BCUT2D eigenvalue weighted by Crippen LogP contribution is -2.47. The van der Waals surface area contributed by atoms with Gasteiger partial charge in [0.25, 0.3) is 0 Å². The summed E-state index contributed by atoms with van der Waals surface area (Å²) < 4.78 is 50.6. The maximum absolute atomic E-state index is 12.7. The first kappa shape index (κ1) is 23.8. The normalized spacial score (nSPS) is 11.7. The number of hydrogen-bond acceptors (Lipinski definition) is 8. The Hall–Kier alpha value is -2.22. The summed E-state index contributed by atoms with van der Waals surface area (Å²) in [7, 11) is -8.73. The van der Waals surface area contributed by atoms with Gasteiger partial charge in [-0.05, 0) is 6.92 Å². The molecule has 10 nitrogen and oxygen atoms in total. The summed E-state index contributed by atoms with van der Waals surface area (Å²) >= 11 is 0. The first-order chi connectivity index (χ1) is 12.2. The summed E-state index contributed by atoms with van der Waals surface area (Å²) in [5.74, 6) is 0. The Morgan fingerprint density at radius 2 is 0.885 bits per heavy atom. The van der Waals surface area contributed by atoms with Gasteiger partial charge in [-0.15, -0.1) is 0 Å². The van der Waals surface area contributed by atoms with Crippen molar-refractivity contribution in [1.29, 1.82) is 21.0 Å². The molecule has 0 fully saturated rings. The van der Waals surface area contributed by atoms with E-state index in [9.17, 15) is 16.8 Å². The first-order valence-corrected chi connectivity index (χ1v) is 10.7. The van der Waals surface area contributed by atoms with Crippen LogP contribution in [0.3, 0.4) is 0 Å². The smallest absolute Gasteiger partial charge is 0.211 e. The maximum Gasteiger partial charge on any atom is 0.232 e. The minimum Gasteiger partial charge on any atom is -0.211 e. The SMILES string of the molecule is CC(S(=O)(=O)N(CCC#N)CCC#N)S(=O)(=O)N(CCC#N)CCC#N. The van der Waals surface area contributed by atoms with Crippen LogP contribution in [-0.4, -0.2) is 56.2 Å². The van der Waals surface area contributed by atoms with Gasteiger partial charge in [0, 0.05) is 51.9 Å². The molecule has 0 saturated heterocycles. The van der Waals surface area contributed by atoms with E-state index in [2.05, 4.69) is 0 Å². The van der Waals surface area contributed by atoms with Crippen molar-refractivity contribution < 1.29 is 16.8 Å². The van der Waals surface area contributed by atoms with E-state index in [1.807, 2.05) is 0 Å². The Kier molecular flexibility index (Phi) is 10.4. The summed E-state index contributed by atoms with van der Waals surface area (Å²) in [4.78, 5) is 0. The number of sulfonamides is 2. The summed E-state index contributed by atoms with van der Waals surface area (Å²) in [6.07, 6.45) is -0.595. The Labute approximate surface area is 154 Å². The van der Waals surface area contributed by atoms with Gasteiger partial charge in [0.1, 0.15) is 0 Å². The first-order valence-electron chi connectivity index (χ1n) is 7.65. The van der Waals surface area contributed by atoms with Crippen LogP contribution in [0, 0.1) is 45.3 Å². The van der Waals surface area contributed by atoms with Gasteiger partial charge in [-0.25, -0.2) is 16.8 Å². The third-order valence-corrected chi connectivity index (χ3v) is 8.76. The van der Waals surface area contributed by atoms with E-state index >= 15 is 0 Å². The molecule has 142 valence electrons. The molecule has 0 radical (unpaired) electrons. The van der Waals surface area contributed by atoms with E-state index in [4.69, 9.17) is 21.0 Å². The minimum atomic E-state index is -4.36. The van der Waals surface area contributed by atoms with Gasteiger partial charge in [-0.3, -0.25) is 0 Å². The van der Waals surface area contributed by atoms with Gasteiger partial charge < -0.3 is 0 Å². The van der Waals surface area contributed by atoms with E-state index in [-0.39, 0.29) is 51.9 Å². The van der Waals surface area contributed by atoms with Crippen molar-refractivity contribution in [2.75, 3.05) is 26.2 Å². The Bertz CT molecular complexity index is 721. The van der Waals surface area contributed by atoms with Crippen molar-refractivity contribution in [2.45, 2.75) is 37.2 Å². The van der Waals surface area contributed by atoms with Crippen molar-refractivity contribution in [3.8, 4) is 24.3 Å². The lowest BCUT2D eigenvalue weighted by Gasteiger charge is -2.28. The molecule has 0 rings (SSSR count). The highest BCUT2D eigenvalue weighted by Crippen LogP contribution is 2.20. The quantitative estimate of drug-likeness (QED) is 0.448. The molecule has 0 amide bonds. The molecule has 0 aromatic rings. The van der Waals surface area contributed by atoms with Crippen molar-refractivity contribution in [3.05, 3.63) is 0 Å². The minimum absolute atomic E-state index is 0.149. The third-order valence-electron chi connectivity index (χ3n) is 3.45. The van der Waals surface area contributed by atoms with E-state index < -0.39 is 24.6 Å². The molecule has 0 atom stereocenters. The highest BCUT2D eigenvalue weighted by Gasteiger charge is 2.41. The summed E-state index contributed by atoms with van der Waals surface area (Å²) in [6, 6.07) is 7.13. The van der Waals surface area contributed by atoms with E-state index in [1.165, 1.54) is 0 Å². The monoisotopic (exact) mass is 400 g/mol. The zero-order valence-electron chi connectivity index (χ0n) is 14.4. The zero-order chi connectivity index (χ0) is 20.2. The fraction of sp³-hybridized carbons (Fsp3) is 0.714. The predicted molar refractivity (Wildman–Crippen MR) is 91.4 cm³/mol. The molecule has 0 heterocycles. The average Bonchev–Trinajstić information content (AvgIpc) is 2.60. The van der Waals surface area contributed by atoms with Gasteiger partial charge in [0.15, 0.2) is 4.58 Å². The molecule has 0 aliphatic heterocycles. The van der Waals surface area contributed by atoms with E-state index in [1.54, 1.807) is 24.3 Å². The van der Waals surface area contributed by atoms with Crippen LogP contribution in [0.5, 0.6) is 0 Å². The van der Waals surface area contributed by atoms with Crippen LogP contribution in [0.25, 0.3) is 0 Å². The number of nitriles is 4. The second-order valence-corrected chi connectivity index (χ2v) is 9.89. The molecule has 0 N–H and O–H groups in total. The molecule has 26 heavy (non-hydrogen) atoms. The molecular formula is C14H20N6O4S2. The summed E-state index contributed by atoms with van der Waals surface area (Å²) in [6.45, 7) is 0.100. The molecule has 0 aliphatic carbocycles. The lowest BCUT2D eigenvalue weighted by atomic mass is 10.4. The van der Waals surface area contributed by atoms with E-state index in [0.29, 0.717) is 0 Å². The van der Waals surface area contributed by atoms with Crippen molar-refractivity contribution >= 4 is 20.0 Å². The zero-order valence-corrected chi connectivity index (χ0v) is 16.0. The standard InChI is InChI=1S/C14H20N6O4S2/c1-14(25(21,22)19(10-2-6-15)11-3-7-16)26(23,24)20(12-4-8-17)13-5-9-18/h14H,2-5,10-13H2,1H3. The molecule has 0 saturated carbocycles. The highest BCUT2D eigenvalue weighted by atomic mass is 32.3. The molecule has 0 bridgehead atoms.